The van der Waals surface area contributed by atoms with Crippen LogP contribution in [-0.4, -0.2) is 25.7 Å². The molecule has 21 heavy (non-hydrogen) atoms. The Morgan fingerprint density at radius 1 is 1.29 bits per heavy atom. The molecule has 112 valence electrons. The van der Waals surface area contributed by atoms with Gasteiger partial charge in [-0.2, -0.15) is 10.1 Å². The molecule has 1 fully saturated rings. The number of ketones is 1. The average molecular weight is 288 g/mol. The quantitative estimate of drug-likeness (QED) is 0.811. The van der Waals surface area contributed by atoms with Crippen LogP contribution in [-0.2, 0) is 7.05 Å². The van der Waals surface area contributed by atoms with E-state index in [4.69, 9.17) is 4.52 Å². The highest BCUT2D eigenvalue weighted by molar-refractivity contribution is 6.05. The van der Waals surface area contributed by atoms with Crippen LogP contribution in [0.2, 0.25) is 0 Å². The number of aromatic nitrogens is 4. The molecule has 2 aromatic rings. The number of nitrogens with zero attached hydrogens (tertiary/aromatic N) is 4. The summed E-state index contributed by atoms with van der Waals surface area (Å²) >= 11 is 0. The van der Waals surface area contributed by atoms with E-state index in [1.165, 1.54) is 12.6 Å². The average Bonchev–Trinajstić information content (AvgIpc) is 3.05. The van der Waals surface area contributed by atoms with Gasteiger partial charge in [0.1, 0.15) is 0 Å². The molecule has 2 unspecified atom stereocenters. The number of aryl methyl sites for hydroxylation is 1. The Hall–Kier alpha value is -1.98. The number of hydrogen-bond donors (Lipinski definition) is 0. The zero-order valence-corrected chi connectivity index (χ0v) is 12.6. The lowest BCUT2D eigenvalue weighted by molar-refractivity contribution is 0.0994. The third kappa shape index (κ3) is 2.89. The first kappa shape index (κ1) is 14.0. The topological polar surface area (TPSA) is 73.8 Å². The Balaban J connectivity index is 1.78. The summed E-state index contributed by atoms with van der Waals surface area (Å²) in [4.78, 5) is 16.6. The Morgan fingerprint density at radius 3 is 2.62 bits per heavy atom. The van der Waals surface area contributed by atoms with Crippen LogP contribution in [0.4, 0.5) is 0 Å². The van der Waals surface area contributed by atoms with Crippen LogP contribution in [0.25, 0.3) is 0 Å². The van der Waals surface area contributed by atoms with Gasteiger partial charge in [-0.05, 0) is 31.1 Å². The first-order chi connectivity index (χ1) is 10.0. The summed E-state index contributed by atoms with van der Waals surface area (Å²) in [5, 5.41) is 8.01. The molecule has 0 aliphatic heterocycles. The fourth-order valence-electron chi connectivity index (χ4n) is 3.31. The minimum Gasteiger partial charge on any atom is -0.330 e. The third-order valence-corrected chi connectivity index (χ3v) is 4.15. The van der Waals surface area contributed by atoms with Gasteiger partial charge in [0, 0.05) is 19.2 Å². The molecule has 0 aromatic carbocycles. The van der Waals surface area contributed by atoms with Gasteiger partial charge in [0.05, 0.1) is 11.8 Å². The zero-order valence-electron chi connectivity index (χ0n) is 12.6. The zero-order chi connectivity index (χ0) is 15.0. The Bertz CT molecular complexity index is 636. The van der Waals surface area contributed by atoms with Crippen LogP contribution in [0, 0.1) is 11.8 Å². The van der Waals surface area contributed by atoms with Crippen molar-refractivity contribution in [2.24, 2.45) is 18.9 Å². The second-order valence-electron chi connectivity index (χ2n) is 6.30. The molecule has 2 aromatic heterocycles. The van der Waals surface area contributed by atoms with Gasteiger partial charge in [-0.1, -0.05) is 19.0 Å². The summed E-state index contributed by atoms with van der Waals surface area (Å²) in [7, 11) is 1.76. The molecule has 0 amide bonds. The first-order valence-corrected chi connectivity index (χ1v) is 7.40. The molecule has 1 saturated carbocycles. The first-order valence-electron chi connectivity index (χ1n) is 7.40. The summed E-state index contributed by atoms with van der Waals surface area (Å²) in [6.45, 7) is 4.51. The molecule has 6 heteroatoms. The monoisotopic (exact) mass is 288 g/mol. The van der Waals surface area contributed by atoms with Gasteiger partial charge in [-0.25, -0.2) is 0 Å². The van der Waals surface area contributed by atoms with E-state index in [0.29, 0.717) is 29.1 Å². The molecule has 2 heterocycles. The Kier molecular flexibility index (Phi) is 3.61. The predicted octanol–water partition coefficient (Wildman–Crippen LogP) is 2.57. The molecule has 0 N–H and O–H groups in total. The van der Waals surface area contributed by atoms with Crippen molar-refractivity contribution in [3.05, 3.63) is 29.7 Å². The molecule has 0 spiro atoms. The van der Waals surface area contributed by atoms with Gasteiger partial charge < -0.3 is 4.52 Å². The van der Waals surface area contributed by atoms with Crippen molar-refractivity contribution < 1.29 is 9.32 Å². The van der Waals surface area contributed by atoms with Crippen LogP contribution < -0.4 is 0 Å². The smallest absolute Gasteiger partial charge is 0.299 e. The van der Waals surface area contributed by atoms with E-state index in [9.17, 15) is 4.79 Å². The van der Waals surface area contributed by atoms with Gasteiger partial charge in [0.25, 0.3) is 11.7 Å². The molecular weight excluding hydrogens is 268 g/mol. The van der Waals surface area contributed by atoms with Gasteiger partial charge in [-0.3, -0.25) is 9.48 Å². The second kappa shape index (κ2) is 5.42. The molecule has 6 nitrogen and oxygen atoms in total. The van der Waals surface area contributed by atoms with Gasteiger partial charge >= 0.3 is 0 Å². The molecule has 3 rings (SSSR count). The highest BCUT2D eigenvalue weighted by atomic mass is 16.5. The highest BCUT2D eigenvalue weighted by Crippen LogP contribution is 2.37. The van der Waals surface area contributed by atoms with E-state index in [-0.39, 0.29) is 11.7 Å². The number of rotatable bonds is 3. The maximum atomic E-state index is 12.2. The van der Waals surface area contributed by atoms with Crippen molar-refractivity contribution in [2.45, 2.75) is 39.0 Å². The maximum absolute atomic E-state index is 12.2. The largest absolute Gasteiger partial charge is 0.330 e. The van der Waals surface area contributed by atoms with Crippen LogP contribution in [0.5, 0.6) is 0 Å². The molecule has 1 aliphatic carbocycles. The molecule has 1 aliphatic rings. The van der Waals surface area contributed by atoms with E-state index >= 15 is 0 Å². The van der Waals surface area contributed by atoms with Crippen molar-refractivity contribution in [2.75, 3.05) is 0 Å². The fraction of sp³-hybridized carbons (Fsp3) is 0.600. The van der Waals surface area contributed by atoms with Crippen molar-refractivity contribution in [1.82, 2.24) is 19.9 Å². The molecular formula is C15H20N4O2. The fourth-order valence-corrected chi connectivity index (χ4v) is 3.31. The van der Waals surface area contributed by atoms with Crippen LogP contribution in [0.3, 0.4) is 0 Å². The van der Waals surface area contributed by atoms with Gasteiger partial charge in [0.15, 0.2) is 5.82 Å². The standard InChI is InChI=1S/C15H20N4O2/c1-9-4-10(2)6-11(5-9)14-17-15(21-18-14)13(20)12-7-16-19(3)8-12/h7-11H,4-6H2,1-3H3. The normalized spacial score (nSPS) is 26.0. The minimum atomic E-state index is -0.265. The summed E-state index contributed by atoms with van der Waals surface area (Å²) in [5.41, 5.74) is 0.470. The lowest BCUT2D eigenvalue weighted by atomic mass is 9.76. The van der Waals surface area contributed by atoms with E-state index < -0.39 is 0 Å². The molecule has 2 atom stereocenters. The Morgan fingerprint density at radius 2 is 2.00 bits per heavy atom. The SMILES string of the molecule is CC1CC(C)CC(c2noc(C(=O)c3cnn(C)c3)n2)C1. The molecule has 0 radical (unpaired) electrons. The van der Waals surface area contributed by atoms with E-state index in [0.717, 1.165) is 12.8 Å². The highest BCUT2D eigenvalue weighted by Gasteiger charge is 2.29. The van der Waals surface area contributed by atoms with E-state index in [1.807, 2.05) is 0 Å². The van der Waals surface area contributed by atoms with Crippen LogP contribution in [0.1, 0.15) is 61.1 Å². The lowest BCUT2D eigenvalue weighted by Crippen LogP contribution is -2.19. The third-order valence-electron chi connectivity index (χ3n) is 4.15. The molecule has 0 saturated heterocycles. The van der Waals surface area contributed by atoms with Gasteiger partial charge in [-0.15, -0.1) is 0 Å². The molecule has 0 bridgehead atoms. The second-order valence-corrected chi connectivity index (χ2v) is 6.30. The van der Waals surface area contributed by atoms with Crippen molar-refractivity contribution in [3.8, 4) is 0 Å². The van der Waals surface area contributed by atoms with Crippen molar-refractivity contribution in [3.63, 3.8) is 0 Å². The van der Waals surface area contributed by atoms with Crippen molar-refractivity contribution in [1.29, 1.82) is 0 Å². The lowest BCUT2D eigenvalue weighted by Gasteiger charge is -2.29. The van der Waals surface area contributed by atoms with Crippen LogP contribution in [0.15, 0.2) is 16.9 Å². The number of carbonyl (C=O) groups excluding carboxylic acids is 1. The Labute approximate surface area is 123 Å². The number of carbonyl (C=O) groups is 1. The van der Waals surface area contributed by atoms with E-state index in [1.54, 1.807) is 17.9 Å². The minimum absolute atomic E-state index is 0.0591. The van der Waals surface area contributed by atoms with Crippen LogP contribution >= 0.6 is 0 Å². The van der Waals surface area contributed by atoms with Crippen molar-refractivity contribution >= 4 is 5.78 Å². The number of hydrogen-bond acceptors (Lipinski definition) is 5. The summed E-state index contributed by atoms with van der Waals surface area (Å²) in [5.74, 6) is 2.08. The maximum Gasteiger partial charge on any atom is 0.299 e. The van der Waals surface area contributed by atoms with E-state index in [2.05, 4.69) is 29.1 Å². The summed E-state index contributed by atoms with van der Waals surface area (Å²) in [6.07, 6.45) is 6.53. The van der Waals surface area contributed by atoms with Gasteiger partial charge in [0.2, 0.25) is 0 Å². The summed E-state index contributed by atoms with van der Waals surface area (Å²) in [6, 6.07) is 0. The predicted molar refractivity (Wildman–Crippen MR) is 75.9 cm³/mol. The summed E-state index contributed by atoms with van der Waals surface area (Å²) < 4.78 is 6.74.